The maximum atomic E-state index is 13.6. The molecular formula is C19H20BrFN2O3S. The molecule has 1 unspecified atom stereocenters. The van der Waals surface area contributed by atoms with Crippen LogP contribution in [-0.4, -0.2) is 31.2 Å². The summed E-state index contributed by atoms with van der Waals surface area (Å²) in [5.74, 6) is -0.698. The number of aryl methyl sites for hydroxylation is 1. The Labute approximate surface area is 166 Å². The second kappa shape index (κ2) is 8.08. The molecule has 2 aromatic carbocycles. The minimum atomic E-state index is -3.75. The van der Waals surface area contributed by atoms with Crippen LogP contribution < -0.4 is 5.32 Å². The molecule has 1 saturated heterocycles. The number of halogens is 2. The van der Waals surface area contributed by atoms with Crippen LogP contribution in [0.2, 0.25) is 0 Å². The van der Waals surface area contributed by atoms with Gasteiger partial charge in [-0.1, -0.05) is 28.1 Å². The highest BCUT2D eigenvalue weighted by Gasteiger charge is 2.39. The Morgan fingerprint density at radius 2 is 1.96 bits per heavy atom. The van der Waals surface area contributed by atoms with Crippen LogP contribution in [-0.2, 0) is 21.4 Å². The first-order valence-corrected chi connectivity index (χ1v) is 10.8. The minimum Gasteiger partial charge on any atom is -0.351 e. The lowest BCUT2D eigenvalue weighted by Gasteiger charge is -2.23. The standard InChI is InChI=1S/C19H20BrFN2O3S/c1-13-4-5-14(11-17(13)21)12-22-19(24)18-3-2-10-23(18)27(25,26)16-8-6-15(20)7-9-16/h4-9,11,18H,2-3,10,12H2,1H3,(H,22,24). The summed E-state index contributed by atoms with van der Waals surface area (Å²) in [4.78, 5) is 12.8. The smallest absolute Gasteiger partial charge is 0.243 e. The van der Waals surface area contributed by atoms with Gasteiger partial charge in [-0.15, -0.1) is 0 Å². The summed E-state index contributed by atoms with van der Waals surface area (Å²) in [5, 5.41) is 2.73. The maximum Gasteiger partial charge on any atom is 0.243 e. The molecule has 5 nitrogen and oxygen atoms in total. The van der Waals surface area contributed by atoms with Crippen molar-refractivity contribution in [3.05, 3.63) is 63.9 Å². The Morgan fingerprint density at radius 3 is 2.63 bits per heavy atom. The lowest BCUT2D eigenvalue weighted by atomic mass is 10.1. The van der Waals surface area contributed by atoms with Crippen molar-refractivity contribution in [2.45, 2.75) is 37.2 Å². The van der Waals surface area contributed by atoms with Gasteiger partial charge in [-0.3, -0.25) is 4.79 Å². The Bertz CT molecular complexity index is 948. The van der Waals surface area contributed by atoms with Crippen LogP contribution in [0.5, 0.6) is 0 Å². The van der Waals surface area contributed by atoms with Gasteiger partial charge in [0.05, 0.1) is 4.90 Å². The lowest BCUT2D eigenvalue weighted by molar-refractivity contribution is -0.124. The van der Waals surface area contributed by atoms with E-state index in [9.17, 15) is 17.6 Å². The van der Waals surface area contributed by atoms with Crippen molar-refractivity contribution in [2.75, 3.05) is 6.54 Å². The van der Waals surface area contributed by atoms with Gasteiger partial charge in [-0.2, -0.15) is 4.31 Å². The van der Waals surface area contributed by atoms with Gasteiger partial charge >= 0.3 is 0 Å². The number of benzene rings is 2. The van der Waals surface area contributed by atoms with E-state index >= 15 is 0 Å². The van der Waals surface area contributed by atoms with Gasteiger partial charge in [-0.25, -0.2) is 12.8 Å². The molecule has 1 fully saturated rings. The summed E-state index contributed by atoms with van der Waals surface area (Å²) in [5.41, 5.74) is 1.17. The second-order valence-corrected chi connectivity index (χ2v) is 9.34. The van der Waals surface area contributed by atoms with Crippen molar-refractivity contribution in [3.63, 3.8) is 0 Å². The molecule has 1 aliphatic heterocycles. The summed E-state index contributed by atoms with van der Waals surface area (Å²) in [6.45, 7) is 2.12. The SMILES string of the molecule is Cc1ccc(CNC(=O)C2CCCN2S(=O)(=O)c2ccc(Br)cc2)cc1F. The molecule has 144 valence electrons. The molecule has 3 rings (SSSR count). The molecule has 0 radical (unpaired) electrons. The molecule has 1 heterocycles. The number of amides is 1. The molecule has 0 aromatic heterocycles. The zero-order chi connectivity index (χ0) is 19.6. The summed E-state index contributed by atoms with van der Waals surface area (Å²) in [6.07, 6.45) is 1.08. The van der Waals surface area contributed by atoms with Crippen LogP contribution in [0.1, 0.15) is 24.0 Å². The van der Waals surface area contributed by atoms with E-state index in [1.54, 1.807) is 31.2 Å². The van der Waals surface area contributed by atoms with E-state index in [1.165, 1.54) is 22.5 Å². The first-order valence-electron chi connectivity index (χ1n) is 8.59. The fourth-order valence-corrected chi connectivity index (χ4v) is 5.01. The number of sulfonamides is 1. The molecule has 0 spiro atoms. The fourth-order valence-electron chi connectivity index (χ4n) is 3.09. The van der Waals surface area contributed by atoms with Crippen molar-refractivity contribution < 1.29 is 17.6 Å². The summed E-state index contributed by atoms with van der Waals surface area (Å²) in [7, 11) is -3.75. The van der Waals surface area contributed by atoms with Crippen LogP contribution >= 0.6 is 15.9 Å². The van der Waals surface area contributed by atoms with E-state index < -0.39 is 16.1 Å². The molecule has 0 saturated carbocycles. The van der Waals surface area contributed by atoms with Crippen molar-refractivity contribution >= 4 is 31.9 Å². The zero-order valence-corrected chi connectivity index (χ0v) is 17.2. The van der Waals surface area contributed by atoms with E-state index in [1.807, 2.05) is 0 Å². The normalized spacial score (nSPS) is 17.8. The molecule has 2 aromatic rings. The van der Waals surface area contributed by atoms with E-state index in [-0.39, 0.29) is 23.2 Å². The number of nitrogens with one attached hydrogen (secondary N) is 1. The molecule has 1 N–H and O–H groups in total. The van der Waals surface area contributed by atoms with Crippen LogP contribution in [0, 0.1) is 12.7 Å². The number of hydrogen-bond donors (Lipinski definition) is 1. The maximum absolute atomic E-state index is 13.6. The highest BCUT2D eigenvalue weighted by Crippen LogP contribution is 2.27. The number of rotatable bonds is 5. The molecule has 27 heavy (non-hydrogen) atoms. The number of carbonyl (C=O) groups is 1. The third-order valence-electron chi connectivity index (χ3n) is 4.63. The Hall–Kier alpha value is -1.77. The predicted molar refractivity (Wildman–Crippen MR) is 104 cm³/mol. The summed E-state index contributed by atoms with van der Waals surface area (Å²) in [6, 6.07) is 10.4. The molecule has 1 atom stereocenters. The van der Waals surface area contributed by atoms with Gasteiger partial charge in [0.25, 0.3) is 0 Å². The van der Waals surface area contributed by atoms with Gasteiger partial charge < -0.3 is 5.32 Å². The highest BCUT2D eigenvalue weighted by molar-refractivity contribution is 9.10. The van der Waals surface area contributed by atoms with Crippen LogP contribution in [0.25, 0.3) is 0 Å². The third kappa shape index (κ3) is 4.39. The van der Waals surface area contributed by atoms with E-state index in [4.69, 9.17) is 0 Å². The Kier molecular flexibility index (Phi) is 5.98. The van der Waals surface area contributed by atoms with Crippen molar-refractivity contribution in [2.24, 2.45) is 0 Å². The molecule has 0 aliphatic carbocycles. The first kappa shape index (κ1) is 20.0. The van der Waals surface area contributed by atoms with Crippen molar-refractivity contribution in [3.8, 4) is 0 Å². The fraction of sp³-hybridized carbons (Fsp3) is 0.316. The largest absolute Gasteiger partial charge is 0.351 e. The second-order valence-electron chi connectivity index (χ2n) is 6.53. The lowest BCUT2D eigenvalue weighted by Crippen LogP contribution is -2.45. The average molecular weight is 455 g/mol. The van der Waals surface area contributed by atoms with Crippen LogP contribution in [0.3, 0.4) is 0 Å². The molecule has 0 bridgehead atoms. The number of nitrogens with zero attached hydrogens (tertiary/aromatic N) is 1. The highest BCUT2D eigenvalue weighted by atomic mass is 79.9. The zero-order valence-electron chi connectivity index (χ0n) is 14.8. The molecule has 8 heteroatoms. The van der Waals surface area contributed by atoms with Gasteiger partial charge in [-0.05, 0) is 61.2 Å². The molecule has 1 amide bonds. The third-order valence-corrected chi connectivity index (χ3v) is 7.08. The van der Waals surface area contributed by atoms with Gasteiger partial charge in [0.1, 0.15) is 11.9 Å². The quantitative estimate of drug-likeness (QED) is 0.752. The van der Waals surface area contributed by atoms with Gasteiger partial charge in [0.2, 0.25) is 15.9 Å². The van der Waals surface area contributed by atoms with E-state index in [0.717, 1.165) is 4.47 Å². The Balaban J connectivity index is 1.72. The minimum absolute atomic E-state index is 0.151. The first-order chi connectivity index (χ1) is 12.8. The Morgan fingerprint density at radius 1 is 1.26 bits per heavy atom. The van der Waals surface area contributed by atoms with Crippen molar-refractivity contribution in [1.29, 1.82) is 0 Å². The van der Waals surface area contributed by atoms with E-state index in [2.05, 4.69) is 21.2 Å². The summed E-state index contributed by atoms with van der Waals surface area (Å²) < 4.78 is 41.5. The van der Waals surface area contributed by atoms with Gasteiger partial charge in [0.15, 0.2) is 0 Å². The molecular weight excluding hydrogens is 435 g/mol. The molecule has 1 aliphatic rings. The summed E-state index contributed by atoms with van der Waals surface area (Å²) >= 11 is 3.28. The topological polar surface area (TPSA) is 66.5 Å². The van der Waals surface area contributed by atoms with Crippen LogP contribution in [0.4, 0.5) is 4.39 Å². The number of carbonyl (C=O) groups excluding carboxylic acids is 1. The van der Waals surface area contributed by atoms with Crippen molar-refractivity contribution in [1.82, 2.24) is 9.62 Å². The van der Waals surface area contributed by atoms with Crippen LogP contribution in [0.15, 0.2) is 51.8 Å². The average Bonchev–Trinajstić information content (AvgIpc) is 3.13. The number of hydrogen-bond acceptors (Lipinski definition) is 3. The monoisotopic (exact) mass is 454 g/mol. The predicted octanol–water partition coefficient (Wildman–Crippen LogP) is 3.37. The van der Waals surface area contributed by atoms with E-state index in [0.29, 0.717) is 30.5 Å². The van der Waals surface area contributed by atoms with Gasteiger partial charge in [0, 0.05) is 17.6 Å².